The van der Waals surface area contributed by atoms with Crippen molar-refractivity contribution in [2.75, 3.05) is 5.32 Å². The number of rotatable bonds is 2. The van der Waals surface area contributed by atoms with E-state index in [1.165, 1.54) is 11.3 Å². The van der Waals surface area contributed by atoms with Gasteiger partial charge in [-0.1, -0.05) is 0 Å². The number of anilines is 1. The van der Waals surface area contributed by atoms with Crippen LogP contribution in [0, 0.1) is 0 Å². The standard InChI is InChI=1S/C12H12N4O2S/c1-16-6-7-19-12(16)15-10(17)8-2-4-9(5-3-8)14-11(13)18/h2-7H,1H3,(H3,13,14,18). The Morgan fingerprint density at radius 3 is 2.53 bits per heavy atom. The number of nitrogens with two attached hydrogens (primary N) is 1. The first-order valence-corrected chi connectivity index (χ1v) is 6.30. The first-order valence-electron chi connectivity index (χ1n) is 5.42. The summed E-state index contributed by atoms with van der Waals surface area (Å²) in [5, 5.41) is 4.27. The second-order valence-corrected chi connectivity index (χ2v) is 4.65. The molecule has 3 amide bonds. The van der Waals surface area contributed by atoms with Gasteiger partial charge in [0.1, 0.15) is 0 Å². The van der Waals surface area contributed by atoms with Crippen molar-refractivity contribution in [3.63, 3.8) is 0 Å². The summed E-state index contributed by atoms with van der Waals surface area (Å²) in [4.78, 5) is 27.2. The highest BCUT2D eigenvalue weighted by Gasteiger charge is 2.05. The van der Waals surface area contributed by atoms with Gasteiger partial charge in [-0.05, 0) is 24.3 Å². The van der Waals surface area contributed by atoms with Crippen molar-refractivity contribution in [1.82, 2.24) is 4.57 Å². The molecule has 98 valence electrons. The smallest absolute Gasteiger partial charge is 0.316 e. The summed E-state index contributed by atoms with van der Waals surface area (Å²) in [5.41, 5.74) is 5.97. The molecule has 0 unspecified atom stereocenters. The van der Waals surface area contributed by atoms with Gasteiger partial charge in [0.2, 0.25) is 0 Å². The molecule has 0 fully saturated rings. The molecular weight excluding hydrogens is 264 g/mol. The summed E-state index contributed by atoms with van der Waals surface area (Å²) in [7, 11) is 1.82. The Bertz CT molecular complexity index is 670. The SMILES string of the molecule is Cn1ccsc1=NC(=O)c1ccc(NC(N)=O)cc1. The zero-order chi connectivity index (χ0) is 13.8. The molecule has 2 rings (SSSR count). The number of amides is 3. The van der Waals surface area contributed by atoms with Crippen molar-refractivity contribution in [2.24, 2.45) is 17.8 Å². The summed E-state index contributed by atoms with van der Waals surface area (Å²) in [5.74, 6) is -0.330. The van der Waals surface area contributed by atoms with Gasteiger partial charge in [-0.2, -0.15) is 4.99 Å². The van der Waals surface area contributed by atoms with E-state index in [0.29, 0.717) is 16.1 Å². The van der Waals surface area contributed by atoms with Crippen molar-refractivity contribution in [3.8, 4) is 0 Å². The lowest BCUT2D eigenvalue weighted by molar-refractivity contribution is 0.0998. The maximum absolute atomic E-state index is 11.9. The van der Waals surface area contributed by atoms with Gasteiger partial charge in [0.25, 0.3) is 5.91 Å². The number of nitrogens with one attached hydrogen (secondary N) is 1. The van der Waals surface area contributed by atoms with Crippen molar-refractivity contribution < 1.29 is 9.59 Å². The van der Waals surface area contributed by atoms with E-state index in [0.717, 1.165) is 0 Å². The summed E-state index contributed by atoms with van der Waals surface area (Å²) in [6, 6.07) is 5.73. The molecule has 3 N–H and O–H groups in total. The number of hydrogen-bond acceptors (Lipinski definition) is 3. The van der Waals surface area contributed by atoms with Crippen molar-refractivity contribution in [3.05, 3.63) is 46.2 Å². The molecule has 0 bridgehead atoms. The highest BCUT2D eigenvalue weighted by molar-refractivity contribution is 7.07. The van der Waals surface area contributed by atoms with Gasteiger partial charge in [-0.15, -0.1) is 11.3 Å². The van der Waals surface area contributed by atoms with Crippen LogP contribution in [0.15, 0.2) is 40.8 Å². The molecule has 6 nitrogen and oxygen atoms in total. The fourth-order valence-electron chi connectivity index (χ4n) is 1.42. The van der Waals surface area contributed by atoms with Crippen LogP contribution in [0.5, 0.6) is 0 Å². The van der Waals surface area contributed by atoms with Crippen LogP contribution in [-0.4, -0.2) is 16.5 Å². The molecule has 0 saturated heterocycles. The Labute approximate surface area is 113 Å². The van der Waals surface area contributed by atoms with Crippen LogP contribution in [-0.2, 0) is 7.05 Å². The largest absolute Gasteiger partial charge is 0.351 e. The number of hydrogen-bond donors (Lipinski definition) is 2. The van der Waals surface area contributed by atoms with Gasteiger partial charge in [-0.25, -0.2) is 4.79 Å². The second-order valence-electron chi connectivity index (χ2n) is 3.78. The lowest BCUT2D eigenvalue weighted by Gasteiger charge is -2.01. The molecule has 0 saturated carbocycles. The lowest BCUT2D eigenvalue weighted by Crippen LogP contribution is -2.19. The molecule has 0 aliphatic rings. The number of aromatic nitrogens is 1. The van der Waals surface area contributed by atoms with E-state index in [1.54, 1.807) is 28.8 Å². The summed E-state index contributed by atoms with van der Waals surface area (Å²) in [6.07, 6.45) is 1.83. The zero-order valence-corrected chi connectivity index (χ0v) is 11.0. The van der Waals surface area contributed by atoms with Gasteiger partial charge in [-0.3, -0.25) is 4.79 Å². The monoisotopic (exact) mass is 276 g/mol. The number of nitrogens with zero attached hydrogens (tertiary/aromatic N) is 2. The minimum Gasteiger partial charge on any atom is -0.351 e. The molecular formula is C12H12N4O2S. The summed E-state index contributed by atoms with van der Waals surface area (Å²) >= 11 is 1.39. The molecule has 0 aliphatic carbocycles. The third kappa shape index (κ3) is 3.29. The van der Waals surface area contributed by atoms with Crippen LogP contribution in [0.4, 0.5) is 10.5 Å². The lowest BCUT2D eigenvalue weighted by atomic mass is 10.2. The topological polar surface area (TPSA) is 89.5 Å². The first-order chi connectivity index (χ1) is 9.06. The minimum atomic E-state index is -0.644. The molecule has 1 heterocycles. The van der Waals surface area contributed by atoms with Crippen LogP contribution in [0.25, 0.3) is 0 Å². The van der Waals surface area contributed by atoms with Gasteiger partial charge < -0.3 is 15.6 Å². The number of carbonyl (C=O) groups is 2. The molecule has 0 radical (unpaired) electrons. The predicted molar refractivity (Wildman–Crippen MR) is 72.8 cm³/mol. The van der Waals surface area contributed by atoms with E-state index in [-0.39, 0.29) is 5.91 Å². The van der Waals surface area contributed by atoms with Crippen LogP contribution in [0.3, 0.4) is 0 Å². The number of aryl methyl sites for hydroxylation is 1. The Balaban J connectivity index is 2.21. The second kappa shape index (κ2) is 5.49. The van der Waals surface area contributed by atoms with Crippen LogP contribution >= 0.6 is 11.3 Å². The Hall–Kier alpha value is -2.41. The number of urea groups is 1. The molecule has 1 aromatic heterocycles. The van der Waals surface area contributed by atoms with E-state index < -0.39 is 6.03 Å². The first kappa shape index (κ1) is 13.0. The van der Waals surface area contributed by atoms with E-state index in [1.807, 2.05) is 18.6 Å². The average molecular weight is 276 g/mol. The van der Waals surface area contributed by atoms with Gasteiger partial charge in [0, 0.05) is 29.9 Å². The van der Waals surface area contributed by atoms with Gasteiger partial charge in [0.05, 0.1) is 0 Å². The Morgan fingerprint density at radius 1 is 1.32 bits per heavy atom. The molecule has 19 heavy (non-hydrogen) atoms. The fraction of sp³-hybridized carbons (Fsp3) is 0.0833. The van der Waals surface area contributed by atoms with Crippen LogP contribution < -0.4 is 15.9 Å². The number of thiazole rings is 1. The molecule has 0 atom stereocenters. The van der Waals surface area contributed by atoms with Gasteiger partial charge in [0.15, 0.2) is 4.80 Å². The van der Waals surface area contributed by atoms with E-state index in [2.05, 4.69) is 10.3 Å². The molecule has 2 aromatic rings. The number of carbonyl (C=O) groups excluding carboxylic acids is 2. The van der Waals surface area contributed by atoms with Crippen molar-refractivity contribution >= 4 is 29.0 Å². The van der Waals surface area contributed by atoms with Crippen LogP contribution in [0.1, 0.15) is 10.4 Å². The highest BCUT2D eigenvalue weighted by Crippen LogP contribution is 2.10. The molecule has 0 aliphatic heterocycles. The Morgan fingerprint density at radius 2 is 2.00 bits per heavy atom. The number of benzene rings is 1. The fourth-order valence-corrected chi connectivity index (χ4v) is 2.15. The minimum absolute atomic E-state index is 0.330. The zero-order valence-electron chi connectivity index (χ0n) is 10.2. The van der Waals surface area contributed by atoms with Crippen molar-refractivity contribution in [2.45, 2.75) is 0 Å². The maximum Gasteiger partial charge on any atom is 0.316 e. The summed E-state index contributed by atoms with van der Waals surface area (Å²) < 4.78 is 1.77. The average Bonchev–Trinajstić information content (AvgIpc) is 2.75. The Kier molecular flexibility index (Phi) is 3.76. The number of primary amides is 1. The molecule has 0 spiro atoms. The highest BCUT2D eigenvalue weighted by atomic mass is 32.1. The quantitative estimate of drug-likeness (QED) is 0.866. The van der Waals surface area contributed by atoms with E-state index >= 15 is 0 Å². The molecule has 7 heteroatoms. The van der Waals surface area contributed by atoms with Crippen molar-refractivity contribution in [1.29, 1.82) is 0 Å². The molecule has 1 aromatic carbocycles. The maximum atomic E-state index is 11.9. The van der Waals surface area contributed by atoms with E-state index in [4.69, 9.17) is 5.73 Å². The van der Waals surface area contributed by atoms with Gasteiger partial charge >= 0.3 is 6.03 Å². The third-order valence-corrected chi connectivity index (χ3v) is 3.20. The van der Waals surface area contributed by atoms with Crippen LogP contribution in [0.2, 0.25) is 0 Å². The predicted octanol–water partition coefficient (Wildman–Crippen LogP) is 1.32. The third-order valence-electron chi connectivity index (χ3n) is 2.36. The summed E-state index contributed by atoms with van der Waals surface area (Å²) in [6.45, 7) is 0. The van der Waals surface area contributed by atoms with E-state index in [9.17, 15) is 9.59 Å². The normalized spacial score (nSPS) is 11.3.